The molecule has 1 atom stereocenters. The topological polar surface area (TPSA) is 99.0 Å². The zero-order chi connectivity index (χ0) is 27.3. The normalized spacial score (nSPS) is 17.3. The molecule has 1 aliphatic rings. The summed E-state index contributed by atoms with van der Waals surface area (Å²) in [5.41, 5.74) is 0.816. The Kier molecular flexibility index (Phi) is 11.5. The van der Waals surface area contributed by atoms with Crippen LogP contribution in [0.1, 0.15) is 88.7 Å². The summed E-state index contributed by atoms with van der Waals surface area (Å²) in [6.07, 6.45) is 23.3. The molecule has 0 spiro atoms. The van der Waals surface area contributed by atoms with Gasteiger partial charge in [-0.3, -0.25) is 0 Å². The third-order valence-corrected chi connectivity index (χ3v) is 8.34. The molecule has 38 heavy (non-hydrogen) atoms. The maximum absolute atomic E-state index is 12.8. The molecule has 206 valence electrons. The van der Waals surface area contributed by atoms with Gasteiger partial charge in [0, 0.05) is 17.8 Å². The minimum absolute atomic E-state index is 0.0500. The number of phenols is 2. The molecule has 0 radical (unpaired) electrons. The number of nitrogens with zero attached hydrogens (tertiary/aromatic N) is 1. The van der Waals surface area contributed by atoms with Gasteiger partial charge in [-0.2, -0.15) is 13.5 Å². The number of hydrazone groups is 1. The average Bonchev–Trinajstić information content (AvgIpc) is 2.90. The first-order valence-corrected chi connectivity index (χ1v) is 15.4. The van der Waals surface area contributed by atoms with Crippen LogP contribution in [0.15, 0.2) is 76.8 Å². The Morgan fingerprint density at radius 1 is 0.895 bits per heavy atom. The van der Waals surface area contributed by atoms with Crippen LogP contribution in [0, 0.1) is 0 Å². The second-order valence-electron chi connectivity index (χ2n) is 10.2. The smallest absolute Gasteiger partial charge is 0.276 e. The van der Waals surface area contributed by atoms with Crippen molar-refractivity contribution < 1.29 is 18.6 Å². The lowest BCUT2D eigenvalue weighted by molar-refractivity contribution is 0.441. The van der Waals surface area contributed by atoms with Gasteiger partial charge in [-0.25, -0.2) is 4.83 Å². The molecule has 0 bridgehead atoms. The van der Waals surface area contributed by atoms with Crippen LogP contribution in [-0.4, -0.2) is 24.8 Å². The van der Waals surface area contributed by atoms with E-state index in [9.17, 15) is 18.6 Å². The van der Waals surface area contributed by atoms with E-state index >= 15 is 0 Å². The number of rotatable bonds is 16. The minimum Gasteiger partial charge on any atom is -0.508 e. The van der Waals surface area contributed by atoms with Gasteiger partial charge >= 0.3 is 0 Å². The average molecular weight is 539 g/mol. The summed E-state index contributed by atoms with van der Waals surface area (Å²) in [5.74, 6) is -0.136. The molecule has 3 N–H and O–H groups in total. The van der Waals surface area contributed by atoms with Crippen LogP contribution in [0.3, 0.4) is 0 Å². The van der Waals surface area contributed by atoms with E-state index in [2.05, 4.69) is 16.9 Å². The fourth-order valence-corrected chi connectivity index (χ4v) is 5.62. The number of phenolic OH excluding ortho intramolecular Hbond substituents is 2. The number of benzene rings is 2. The molecule has 0 amide bonds. The van der Waals surface area contributed by atoms with E-state index in [4.69, 9.17) is 0 Å². The van der Waals surface area contributed by atoms with Crippen molar-refractivity contribution in [2.45, 2.75) is 94.3 Å². The van der Waals surface area contributed by atoms with E-state index in [1.54, 1.807) is 18.2 Å². The second-order valence-corrected chi connectivity index (χ2v) is 11.8. The van der Waals surface area contributed by atoms with Gasteiger partial charge in [-0.05, 0) is 43.0 Å². The molecule has 0 aromatic heterocycles. The van der Waals surface area contributed by atoms with Gasteiger partial charge in [0.1, 0.15) is 11.5 Å². The van der Waals surface area contributed by atoms with E-state index < -0.39 is 15.4 Å². The highest BCUT2D eigenvalue weighted by atomic mass is 32.2. The SMILES string of the molecule is CCCCCCCCCCCCc1ccc(S(=O)(=O)NN=CC2(c3ccc(O)cc3O)C=CC=CC2)cc1. The van der Waals surface area contributed by atoms with Crippen molar-refractivity contribution in [3.8, 4) is 11.5 Å². The summed E-state index contributed by atoms with van der Waals surface area (Å²) >= 11 is 0. The third kappa shape index (κ3) is 8.76. The summed E-state index contributed by atoms with van der Waals surface area (Å²) in [6.45, 7) is 2.25. The Labute approximate surface area is 228 Å². The van der Waals surface area contributed by atoms with Crippen molar-refractivity contribution in [3.05, 3.63) is 77.9 Å². The number of sulfonamides is 1. The molecular weight excluding hydrogens is 496 g/mol. The predicted octanol–water partition coefficient (Wildman–Crippen LogP) is 7.28. The molecule has 2 aromatic carbocycles. The summed E-state index contributed by atoms with van der Waals surface area (Å²) in [4.78, 5) is 2.46. The van der Waals surface area contributed by atoms with Crippen molar-refractivity contribution in [2.24, 2.45) is 5.10 Å². The van der Waals surface area contributed by atoms with Gasteiger partial charge in [0.05, 0.1) is 10.3 Å². The minimum atomic E-state index is -3.84. The van der Waals surface area contributed by atoms with Crippen LogP contribution in [0.4, 0.5) is 0 Å². The highest BCUT2D eigenvalue weighted by molar-refractivity contribution is 7.89. The lowest BCUT2D eigenvalue weighted by Gasteiger charge is -2.28. The molecule has 1 aliphatic carbocycles. The van der Waals surface area contributed by atoms with Gasteiger partial charge < -0.3 is 10.2 Å². The van der Waals surface area contributed by atoms with Crippen molar-refractivity contribution >= 4 is 16.2 Å². The molecule has 2 aromatic rings. The van der Waals surface area contributed by atoms with Crippen LogP contribution >= 0.6 is 0 Å². The number of nitrogens with one attached hydrogen (secondary N) is 1. The Morgan fingerprint density at radius 2 is 1.55 bits per heavy atom. The van der Waals surface area contributed by atoms with Crippen molar-refractivity contribution in [1.29, 1.82) is 0 Å². The molecule has 7 heteroatoms. The largest absolute Gasteiger partial charge is 0.508 e. The van der Waals surface area contributed by atoms with Gasteiger partial charge in [0.2, 0.25) is 0 Å². The number of aryl methyl sites for hydroxylation is 1. The summed E-state index contributed by atoms with van der Waals surface area (Å²) in [7, 11) is -3.84. The third-order valence-electron chi connectivity index (χ3n) is 7.10. The zero-order valence-corrected chi connectivity index (χ0v) is 23.3. The predicted molar refractivity (Wildman–Crippen MR) is 155 cm³/mol. The number of hydrogen-bond donors (Lipinski definition) is 3. The Balaban J connectivity index is 1.50. The van der Waals surface area contributed by atoms with Crippen molar-refractivity contribution in [1.82, 2.24) is 4.83 Å². The molecule has 0 saturated heterocycles. The van der Waals surface area contributed by atoms with E-state index in [1.807, 2.05) is 36.4 Å². The molecule has 0 fully saturated rings. The quantitative estimate of drug-likeness (QED) is 0.119. The fourth-order valence-electron chi connectivity index (χ4n) is 4.83. The van der Waals surface area contributed by atoms with Crippen LogP contribution in [0.5, 0.6) is 11.5 Å². The maximum atomic E-state index is 12.8. The molecule has 1 unspecified atom stereocenters. The van der Waals surface area contributed by atoms with Crippen LogP contribution < -0.4 is 4.83 Å². The van der Waals surface area contributed by atoms with Crippen molar-refractivity contribution in [3.63, 3.8) is 0 Å². The highest BCUT2D eigenvalue weighted by Gasteiger charge is 2.31. The number of aromatic hydroxyl groups is 2. The summed E-state index contributed by atoms with van der Waals surface area (Å²) < 4.78 is 25.7. The van der Waals surface area contributed by atoms with Crippen molar-refractivity contribution in [2.75, 3.05) is 0 Å². The molecule has 0 saturated carbocycles. The van der Waals surface area contributed by atoms with E-state index in [1.165, 1.54) is 76.1 Å². The van der Waals surface area contributed by atoms with Crippen LogP contribution in [0.25, 0.3) is 0 Å². The molecule has 6 nitrogen and oxygen atoms in total. The zero-order valence-electron chi connectivity index (χ0n) is 22.5. The Morgan fingerprint density at radius 3 is 2.16 bits per heavy atom. The number of hydrogen-bond acceptors (Lipinski definition) is 5. The first-order chi connectivity index (χ1) is 18.4. The summed E-state index contributed by atoms with van der Waals surface area (Å²) in [5, 5.41) is 24.1. The number of allylic oxidation sites excluding steroid dienone is 4. The van der Waals surface area contributed by atoms with E-state index in [-0.39, 0.29) is 16.4 Å². The molecular formula is C31H42N2O4S. The Bertz CT molecular complexity index is 1200. The Hall–Kier alpha value is -3.06. The number of unbranched alkanes of at least 4 members (excludes halogenated alkanes) is 9. The van der Waals surface area contributed by atoms with Gasteiger partial charge in [0.15, 0.2) is 0 Å². The van der Waals surface area contributed by atoms with Gasteiger partial charge in [-0.1, -0.05) is 107 Å². The lowest BCUT2D eigenvalue weighted by atomic mass is 9.76. The van der Waals surface area contributed by atoms with Gasteiger partial charge in [-0.15, -0.1) is 0 Å². The first-order valence-electron chi connectivity index (χ1n) is 13.9. The molecule has 3 rings (SSSR count). The van der Waals surface area contributed by atoms with Gasteiger partial charge in [0.25, 0.3) is 10.0 Å². The highest BCUT2D eigenvalue weighted by Crippen LogP contribution is 2.38. The maximum Gasteiger partial charge on any atom is 0.276 e. The second kappa shape index (κ2) is 14.8. The monoisotopic (exact) mass is 538 g/mol. The van der Waals surface area contributed by atoms with E-state index in [0.717, 1.165) is 18.4 Å². The van der Waals surface area contributed by atoms with E-state index in [0.29, 0.717) is 12.0 Å². The lowest BCUT2D eigenvalue weighted by Crippen LogP contribution is -2.28. The van der Waals surface area contributed by atoms with Crippen LogP contribution in [-0.2, 0) is 21.9 Å². The first kappa shape index (κ1) is 29.5. The fraction of sp³-hybridized carbons (Fsp3) is 0.452. The molecule has 0 aliphatic heterocycles. The molecule has 0 heterocycles. The summed E-state index contributed by atoms with van der Waals surface area (Å²) in [6, 6.07) is 11.3. The van der Waals surface area contributed by atoms with Crippen LogP contribution in [0.2, 0.25) is 0 Å². The standard InChI is InChI=1S/C31H42N2O4S/c1-2-3-4-5-6-7-8-9-10-12-15-26-16-19-28(20-17-26)38(36,37)33-32-25-31(22-13-11-14-23-31)29-21-18-27(34)24-30(29)35/h11,13-14,16-22,24-25,33-35H,2-10,12,15,23H2,1H3.